The van der Waals surface area contributed by atoms with Gasteiger partial charge in [0.1, 0.15) is 0 Å². The molecular weight excluding hydrogens is 502 g/mol. The Morgan fingerprint density at radius 3 is 2.11 bits per heavy atom. The minimum Gasteiger partial charge on any atom is -0.347 e. The van der Waals surface area contributed by atoms with E-state index in [9.17, 15) is 23.3 Å². The number of nitrogens with zero attached hydrogens (tertiary/aromatic N) is 2. The third-order valence-corrected chi connectivity index (χ3v) is 7.84. The van der Waals surface area contributed by atoms with Gasteiger partial charge in [0.15, 0.2) is 9.84 Å². The van der Waals surface area contributed by atoms with Crippen LogP contribution in [0.3, 0.4) is 0 Å². The molecule has 3 rings (SSSR count). The second kappa shape index (κ2) is 12.2. The molecule has 0 spiro atoms. The summed E-state index contributed by atoms with van der Waals surface area (Å²) in [6.45, 7) is 8.91. The molecule has 0 aliphatic carbocycles. The average molecular weight is 538 g/mol. The number of hydrogen-bond donors (Lipinski definition) is 1. The topological polar surface area (TPSA) is 110 Å². The number of rotatable bonds is 8. The zero-order valence-electron chi connectivity index (χ0n) is 21.3. The van der Waals surface area contributed by atoms with Gasteiger partial charge in [-0.2, -0.15) is 0 Å². The summed E-state index contributed by atoms with van der Waals surface area (Å²) in [5, 5.41) is 14.0. The second-order valence-corrected chi connectivity index (χ2v) is 12.6. The predicted molar refractivity (Wildman–Crippen MR) is 143 cm³/mol. The lowest BCUT2D eigenvalue weighted by atomic mass is 9.85. The summed E-state index contributed by atoms with van der Waals surface area (Å²) in [4.78, 5) is 25.9. The van der Waals surface area contributed by atoms with E-state index < -0.39 is 9.84 Å². The highest BCUT2D eigenvalue weighted by Gasteiger charge is 2.30. The van der Waals surface area contributed by atoms with E-state index in [4.69, 9.17) is 0 Å². The predicted octanol–water partition coefficient (Wildman–Crippen LogP) is 4.52. The fourth-order valence-electron chi connectivity index (χ4n) is 4.35. The number of likely N-dealkylation sites (tertiary alicyclic amines) is 1. The molecule has 1 aliphatic rings. The van der Waals surface area contributed by atoms with Crippen molar-refractivity contribution in [2.45, 2.75) is 51.0 Å². The maximum absolute atomic E-state index is 12.9. The van der Waals surface area contributed by atoms with E-state index in [0.717, 1.165) is 50.7 Å². The molecule has 8 nitrogen and oxygen atoms in total. The van der Waals surface area contributed by atoms with Crippen LogP contribution in [0.5, 0.6) is 0 Å². The van der Waals surface area contributed by atoms with E-state index >= 15 is 0 Å². The molecule has 1 N–H and O–H groups in total. The Kier molecular flexibility index (Phi) is 10.0. The zero-order valence-corrected chi connectivity index (χ0v) is 22.9. The van der Waals surface area contributed by atoms with Gasteiger partial charge in [-0.15, -0.1) is 12.4 Å². The van der Waals surface area contributed by atoms with Gasteiger partial charge in [-0.25, -0.2) is 8.42 Å². The highest BCUT2D eigenvalue weighted by molar-refractivity contribution is 7.90. The first-order chi connectivity index (χ1) is 16.3. The van der Waals surface area contributed by atoms with Gasteiger partial charge < -0.3 is 10.2 Å². The van der Waals surface area contributed by atoms with Crippen LogP contribution in [-0.2, 0) is 16.3 Å². The smallest absolute Gasteiger partial charge is 0.269 e. The van der Waals surface area contributed by atoms with Crippen molar-refractivity contribution in [3.63, 3.8) is 0 Å². The normalized spacial score (nSPS) is 16.1. The van der Waals surface area contributed by atoms with Crippen LogP contribution in [0.4, 0.5) is 5.69 Å². The van der Waals surface area contributed by atoms with Crippen LogP contribution in [0.2, 0.25) is 0 Å². The molecule has 1 fully saturated rings. The molecule has 1 aliphatic heterocycles. The van der Waals surface area contributed by atoms with Crippen LogP contribution in [0.15, 0.2) is 53.4 Å². The number of amides is 1. The molecule has 1 heterocycles. The van der Waals surface area contributed by atoms with Crippen molar-refractivity contribution >= 4 is 33.8 Å². The van der Waals surface area contributed by atoms with Gasteiger partial charge >= 0.3 is 0 Å². The van der Waals surface area contributed by atoms with Gasteiger partial charge in [-0.05, 0) is 73.5 Å². The SMILES string of the molecule is CC(C)(C)[C@@H](CN1CCC(Cc2ccc([N+](=O)[O-])cc2)CC1)NC(=O)c1ccc(S(C)(=O)=O)cc1.Cl. The molecule has 1 atom stereocenters. The zero-order chi connectivity index (χ0) is 25.8. The number of carbonyl (C=O) groups excluding carboxylic acids is 1. The molecule has 1 amide bonds. The van der Waals surface area contributed by atoms with Gasteiger partial charge in [0.25, 0.3) is 11.6 Å². The van der Waals surface area contributed by atoms with Crippen LogP contribution < -0.4 is 5.32 Å². The lowest BCUT2D eigenvalue weighted by Crippen LogP contribution is -2.52. The Morgan fingerprint density at radius 1 is 1.08 bits per heavy atom. The molecule has 0 radical (unpaired) electrons. The summed E-state index contributed by atoms with van der Waals surface area (Å²) in [5.41, 5.74) is 1.52. The number of sulfone groups is 1. The first kappa shape index (κ1) is 29.7. The van der Waals surface area contributed by atoms with Gasteiger partial charge in [0.2, 0.25) is 0 Å². The first-order valence-electron chi connectivity index (χ1n) is 11.9. The van der Waals surface area contributed by atoms with Crippen molar-refractivity contribution < 1.29 is 18.1 Å². The molecule has 0 unspecified atom stereocenters. The van der Waals surface area contributed by atoms with Gasteiger partial charge in [0.05, 0.1) is 9.82 Å². The third kappa shape index (κ3) is 8.28. The van der Waals surface area contributed by atoms with Crippen molar-refractivity contribution in [1.29, 1.82) is 0 Å². The quantitative estimate of drug-likeness (QED) is 0.391. The van der Waals surface area contributed by atoms with Gasteiger partial charge in [-0.1, -0.05) is 32.9 Å². The number of nitrogens with one attached hydrogen (secondary N) is 1. The van der Waals surface area contributed by atoms with Crippen LogP contribution in [0.1, 0.15) is 49.5 Å². The Morgan fingerprint density at radius 2 is 1.64 bits per heavy atom. The molecule has 10 heteroatoms. The molecule has 1 saturated heterocycles. The van der Waals surface area contributed by atoms with Crippen LogP contribution in [-0.4, -0.2) is 56.1 Å². The summed E-state index contributed by atoms with van der Waals surface area (Å²) in [6, 6.07) is 12.8. The Balaban J connectivity index is 0.00000456. The molecule has 198 valence electrons. The van der Waals surface area contributed by atoms with E-state index in [1.54, 1.807) is 24.3 Å². The fraction of sp³-hybridized carbons (Fsp3) is 0.500. The summed E-state index contributed by atoms with van der Waals surface area (Å²) in [6.07, 6.45) is 4.13. The Bertz CT molecular complexity index is 1140. The number of hydrogen-bond acceptors (Lipinski definition) is 6. The lowest BCUT2D eigenvalue weighted by Gasteiger charge is -2.39. The van der Waals surface area contributed by atoms with Crippen molar-refractivity contribution in [3.05, 3.63) is 69.8 Å². The van der Waals surface area contributed by atoms with E-state index in [-0.39, 0.29) is 45.3 Å². The van der Waals surface area contributed by atoms with Crippen molar-refractivity contribution in [2.75, 3.05) is 25.9 Å². The second-order valence-electron chi connectivity index (χ2n) is 10.6. The largest absolute Gasteiger partial charge is 0.347 e. The van der Waals surface area contributed by atoms with Crippen molar-refractivity contribution in [3.8, 4) is 0 Å². The maximum Gasteiger partial charge on any atom is 0.269 e. The van der Waals surface area contributed by atoms with Crippen LogP contribution in [0, 0.1) is 21.4 Å². The minimum absolute atomic E-state index is 0. The number of non-ortho nitro benzene ring substituents is 1. The molecule has 36 heavy (non-hydrogen) atoms. The highest BCUT2D eigenvalue weighted by Crippen LogP contribution is 2.26. The third-order valence-electron chi connectivity index (χ3n) is 6.71. The van der Waals surface area contributed by atoms with Crippen LogP contribution in [0.25, 0.3) is 0 Å². The Hall–Kier alpha value is -2.49. The standard InChI is InChI=1S/C26H35N3O5S.ClH/c1-26(2,3)24(27-25(30)21-7-11-23(12-8-21)35(4,33)34)18-28-15-13-20(14-16-28)17-19-5-9-22(10-6-19)29(31)32;/h5-12,20,24H,13-18H2,1-4H3,(H,27,30);1H/t24-;/m1./s1. The number of nitro groups is 1. The minimum atomic E-state index is -3.31. The molecule has 2 aromatic rings. The maximum atomic E-state index is 12.9. The molecule has 0 aromatic heterocycles. The summed E-state index contributed by atoms with van der Waals surface area (Å²) in [7, 11) is -3.31. The fourth-order valence-corrected chi connectivity index (χ4v) is 4.98. The highest BCUT2D eigenvalue weighted by atomic mass is 35.5. The van der Waals surface area contributed by atoms with Crippen LogP contribution >= 0.6 is 12.4 Å². The van der Waals surface area contributed by atoms with Crippen molar-refractivity contribution in [2.24, 2.45) is 11.3 Å². The van der Waals surface area contributed by atoms with E-state index in [2.05, 4.69) is 31.0 Å². The number of halogens is 1. The molecule has 0 bridgehead atoms. The number of nitro benzene ring substituents is 1. The summed E-state index contributed by atoms with van der Waals surface area (Å²) in [5.74, 6) is 0.321. The van der Waals surface area contributed by atoms with E-state index in [1.165, 1.54) is 12.1 Å². The molecular formula is C26H36ClN3O5S. The molecule has 2 aromatic carbocycles. The number of carbonyl (C=O) groups is 1. The lowest BCUT2D eigenvalue weighted by molar-refractivity contribution is -0.384. The van der Waals surface area contributed by atoms with E-state index in [1.807, 2.05) is 12.1 Å². The summed E-state index contributed by atoms with van der Waals surface area (Å²) >= 11 is 0. The number of benzene rings is 2. The van der Waals surface area contributed by atoms with Crippen molar-refractivity contribution in [1.82, 2.24) is 10.2 Å². The Labute approximate surface area is 219 Å². The average Bonchev–Trinajstić information content (AvgIpc) is 2.79. The monoisotopic (exact) mass is 537 g/mol. The van der Waals surface area contributed by atoms with Gasteiger partial charge in [-0.3, -0.25) is 14.9 Å². The summed E-state index contributed by atoms with van der Waals surface area (Å²) < 4.78 is 23.4. The number of piperidine rings is 1. The van der Waals surface area contributed by atoms with Gasteiger partial charge in [0, 0.05) is 36.5 Å². The van der Waals surface area contributed by atoms with E-state index in [0.29, 0.717) is 11.5 Å². The first-order valence-corrected chi connectivity index (χ1v) is 13.8. The molecule has 0 saturated carbocycles.